The highest BCUT2D eigenvalue weighted by Gasteiger charge is 2.32. The summed E-state index contributed by atoms with van der Waals surface area (Å²) in [6.07, 6.45) is -4.26. The van der Waals surface area contributed by atoms with Crippen LogP contribution in [-0.4, -0.2) is 116 Å². The van der Waals surface area contributed by atoms with Crippen molar-refractivity contribution >= 4 is 79.7 Å². The number of anilines is 1. The first-order chi connectivity index (χ1) is 31.9. The average molecular weight is 1100 g/mol. The summed E-state index contributed by atoms with van der Waals surface area (Å²) in [5.74, 6) is -2.90. The van der Waals surface area contributed by atoms with Gasteiger partial charge in [0, 0.05) is 18.6 Å². The number of nitro groups is 1. The number of carboxylic acid groups (broad SMARTS) is 1. The molecule has 0 bridgehead atoms. The van der Waals surface area contributed by atoms with Gasteiger partial charge in [-0.25, -0.2) is 31.1 Å². The molecular weight excluding hydrogens is 1060 g/mol. The van der Waals surface area contributed by atoms with Gasteiger partial charge in [-0.15, -0.1) is 0 Å². The number of rotatable bonds is 15. The zero-order chi connectivity index (χ0) is 54.0. The van der Waals surface area contributed by atoms with Crippen LogP contribution in [-0.2, 0) is 52.9 Å². The van der Waals surface area contributed by atoms with Crippen molar-refractivity contribution in [2.24, 2.45) is 0 Å². The molecule has 70 heavy (non-hydrogen) atoms. The fraction of sp³-hybridized carbons (Fsp3) is 0.333. The summed E-state index contributed by atoms with van der Waals surface area (Å²) in [5.41, 5.74) is -2.41. The Morgan fingerprint density at radius 2 is 1.54 bits per heavy atom. The summed E-state index contributed by atoms with van der Waals surface area (Å²) in [7, 11) is -10.9. The summed E-state index contributed by atoms with van der Waals surface area (Å²) in [5, 5.41) is 22.7. The number of carboxylic acids is 1. The van der Waals surface area contributed by atoms with Gasteiger partial charge in [0.25, 0.3) is 21.6 Å². The van der Waals surface area contributed by atoms with Crippen molar-refractivity contribution in [1.29, 1.82) is 0 Å². The van der Waals surface area contributed by atoms with Crippen molar-refractivity contribution in [3.05, 3.63) is 98.3 Å². The lowest BCUT2D eigenvalue weighted by atomic mass is 10.1. The number of halogens is 7. The number of carbonyl (C=O) groups excluding carboxylic acids is 2. The number of aryl methyl sites for hydroxylation is 2. The third-order valence-corrected chi connectivity index (χ3v) is 9.97. The largest absolute Gasteiger partial charge is 0.778 e. The number of hydrogen-bond acceptors (Lipinski definition) is 17. The maximum atomic E-state index is 12.7. The molecule has 4 aromatic rings. The second kappa shape index (κ2) is 26.9. The van der Waals surface area contributed by atoms with Gasteiger partial charge in [-0.05, 0) is 60.1 Å². The molecule has 0 fully saturated rings. The Kier molecular flexibility index (Phi) is 23.9. The molecule has 0 aliphatic heterocycles. The standard InChI is InChI=1S/C15H10ClF3N2O6S.C15H16F3N5O4S.C3H8NO5P.C3H9S/c1-28(25,26)20-14(22)10-7-9(3-4-12(10)21(23)24)27-13-5-2-8(6-11(13)16)15(17,18)19;1-9-19-12(22-14(20-9)27-2)21-13(24)23-28(25,26)11-6-4-3-5-10(11)7-8-15(16,17)18;5-3(6)1-4-2-10(7,8)9;1-4(2)3/h2-7H,1H3,(H,20,22);3-6H,7-8H2,1-2H3,(H2,19,20,21,22,23,24);4H,1-2H2,(H,5,6)(H2,7,8,9);1-3H3/q;;;+1/p-1. The number of nitrogens with zero attached hydrogens (tertiary/aromatic N) is 4. The van der Waals surface area contributed by atoms with Crippen LogP contribution in [0, 0.1) is 17.0 Å². The molecule has 0 saturated heterocycles. The van der Waals surface area contributed by atoms with Gasteiger partial charge in [-0.1, -0.05) is 29.8 Å². The Balaban J connectivity index is 0.000000552. The number of amides is 3. The smallest absolute Gasteiger partial charge is 0.416 e. The van der Waals surface area contributed by atoms with Crippen LogP contribution in [0.5, 0.6) is 17.5 Å². The van der Waals surface area contributed by atoms with Crippen LogP contribution < -0.4 is 34.4 Å². The van der Waals surface area contributed by atoms with Crippen molar-refractivity contribution in [2.75, 3.05) is 50.3 Å². The highest BCUT2D eigenvalue weighted by molar-refractivity contribution is 7.94. The molecule has 1 unspecified atom stereocenters. The van der Waals surface area contributed by atoms with Crippen LogP contribution >= 0.6 is 19.2 Å². The summed E-state index contributed by atoms with van der Waals surface area (Å²) >= 11 is 5.76. The number of aliphatic carboxylic acids is 1. The number of aromatic nitrogens is 3. The predicted octanol–water partition coefficient (Wildman–Crippen LogP) is 4.60. The molecule has 0 aliphatic carbocycles. The second-order valence-electron chi connectivity index (χ2n) is 13.7. The zero-order valence-electron chi connectivity index (χ0n) is 36.9. The third kappa shape index (κ3) is 25.1. The number of alkyl halides is 6. The van der Waals surface area contributed by atoms with Crippen molar-refractivity contribution in [2.45, 2.75) is 37.0 Å². The minimum atomic E-state index is -4.62. The van der Waals surface area contributed by atoms with Crippen molar-refractivity contribution in [3.8, 4) is 17.5 Å². The highest BCUT2D eigenvalue weighted by atomic mass is 35.5. The van der Waals surface area contributed by atoms with Crippen LogP contribution in [0.15, 0.2) is 65.6 Å². The Labute approximate surface area is 402 Å². The Morgan fingerprint density at radius 3 is 2.04 bits per heavy atom. The van der Waals surface area contributed by atoms with Crippen molar-refractivity contribution in [3.63, 3.8) is 0 Å². The van der Waals surface area contributed by atoms with E-state index in [4.69, 9.17) is 31.1 Å². The minimum absolute atomic E-state index is 0.0715. The summed E-state index contributed by atoms with van der Waals surface area (Å²) in [4.78, 5) is 72.9. The van der Waals surface area contributed by atoms with Gasteiger partial charge < -0.3 is 28.9 Å². The molecule has 4 rings (SSSR count). The van der Waals surface area contributed by atoms with Crippen LogP contribution in [0.4, 0.5) is 42.8 Å². The first kappa shape index (κ1) is 62.1. The Bertz CT molecular complexity index is 2750. The van der Waals surface area contributed by atoms with E-state index in [-0.39, 0.29) is 34.8 Å². The maximum absolute atomic E-state index is 12.7. The summed E-state index contributed by atoms with van der Waals surface area (Å²) < 4.78 is 146. The van der Waals surface area contributed by atoms with Gasteiger partial charge in [0.15, 0.2) is 0 Å². The normalized spacial score (nSPS) is 12.2. The van der Waals surface area contributed by atoms with Crippen LogP contribution in [0.2, 0.25) is 5.02 Å². The molecule has 34 heteroatoms. The fourth-order valence-electron chi connectivity index (χ4n) is 4.49. The monoisotopic (exact) mass is 1100 g/mol. The van der Waals surface area contributed by atoms with E-state index in [1.165, 1.54) is 32.2 Å². The fourth-order valence-corrected chi connectivity index (χ4v) is 6.73. The zero-order valence-corrected chi connectivity index (χ0v) is 41.0. The number of nitro benzene ring substituents is 1. The molecule has 3 amide bonds. The Hall–Kier alpha value is -5.89. The van der Waals surface area contributed by atoms with E-state index in [0.29, 0.717) is 29.3 Å². The van der Waals surface area contributed by atoms with E-state index in [2.05, 4.69) is 39.0 Å². The van der Waals surface area contributed by atoms with E-state index in [0.717, 1.165) is 30.3 Å². The lowest BCUT2D eigenvalue weighted by Gasteiger charge is -2.14. The minimum Gasteiger partial charge on any atom is -0.778 e. The number of nitrogens with one attached hydrogen (secondary N) is 4. The molecular formula is C36H42ClF6N8O15PS3. The molecule has 0 radical (unpaired) electrons. The molecule has 6 N–H and O–H groups in total. The predicted molar refractivity (Wildman–Crippen MR) is 239 cm³/mol. The van der Waals surface area contributed by atoms with Crippen LogP contribution in [0.1, 0.15) is 33.7 Å². The maximum Gasteiger partial charge on any atom is 0.416 e. The number of urea groups is 1. The molecule has 0 aliphatic rings. The first-order valence-corrected chi connectivity index (χ1v) is 26.4. The van der Waals surface area contributed by atoms with Crippen molar-refractivity contribution in [1.82, 2.24) is 29.7 Å². The first-order valence-electron chi connectivity index (χ1n) is 18.5. The topological polar surface area (TPSA) is 348 Å². The van der Waals surface area contributed by atoms with E-state index >= 15 is 0 Å². The quantitative estimate of drug-likeness (QED) is 0.0311. The van der Waals surface area contributed by atoms with E-state index in [1.807, 2.05) is 5.32 Å². The second-order valence-corrected chi connectivity index (χ2v) is 21.5. The number of ether oxygens (including phenoxy) is 2. The summed E-state index contributed by atoms with van der Waals surface area (Å²) in [6.45, 7) is 1.02. The summed E-state index contributed by atoms with van der Waals surface area (Å²) in [6, 6.07) is 8.90. The van der Waals surface area contributed by atoms with Crippen LogP contribution in [0.3, 0.4) is 0 Å². The third-order valence-electron chi connectivity index (χ3n) is 7.06. The van der Waals surface area contributed by atoms with Crippen molar-refractivity contribution < 1.29 is 91.4 Å². The lowest BCUT2D eigenvalue weighted by Crippen LogP contribution is -2.35. The van der Waals surface area contributed by atoms with E-state index < -0.39 is 115 Å². The molecule has 1 heterocycles. The molecule has 388 valence electrons. The number of benzene rings is 3. The number of methoxy groups -OCH3 is 1. The van der Waals surface area contributed by atoms with E-state index in [1.54, 1.807) is 9.44 Å². The molecule has 0 saturated carbocycles. The molecule has 0 spiro atoms. The lowest BCUT2D eigenvalue weighted by molar-refractivity contribution is -0.385. The highest BCUT2D eigenvalue weighted by Crippen LogP contribution is 2.37. The SMILES string of the molecule is COc1nc(C)nc(NC(=O)NS(=O)(=O)c2ccccc2CCC(F)(F)F)n1.CS(=O)(=O)NC(=O)c1cc(Oc2ccc(C(F)(F)F)cc2Cl)ccc1[N+](=O)[O-].C[S+](C)C.O=C(O)CNCP(=O)([O-])O. The molecule has 1 atom stereocenters. The Morgan fingerprint density at radius 1 is 0.943 bits per heavy atom. The van der Waals surface area contributed by atoms with Gasteiger partial charge in [-0.2, -0.15) is 41.3 Å². The van der Waals surface area contributed by atoms with Crippen LogP contribution in [0.25, 0.3) is 0 Å². The number of hydrogen-bond donors (Lipinski definition) is 6. The molecule has 23 nitrogen and oxygen atoms in total. The van der Waals surface area contributed by atoms with E-state index in [9.17, 15) is 77.1 Å². The van der Waals surface area contributed by atoms with Gasteiger partial charge in [0.2, 0.25) is 16.0 Å². The number of carbonyl (C=O) groups is 3. The van der Waals surface area contributed by atoms with Gasteiger partial charge in [0.05, 0.1) is 65.4 Å². The van der Waals surface area contributed by atoms with Gasteiger partial charge >= 0.3 is 30.4 Å². The number of sulfonamides is 2. The molecule has 1 aromatic heterocycles. The average Bonchev–Trinajstić information content (AvgIpc) is 3.18. The van der Waals surface area contributed by atoms with Gasteiger partial charge in [0.1, 0.15) is 30.5 Å². The van der Waals surface area contributed by atoms with Gasteiger partial charge in [-0.3, -0.25) is 30.3 Å². The molecule has 3 aromatic carbocycles.